The zero-order valence-corrected chi connectivity index (χ0v) is 7.96. The Kier molecular flexibility index (Phi) is 3.00. The van der Waals surface area contributed by atoms with Gasteiger partial charge in [-0.25, -0.2) is 0 Å². The van der Waals surface area contributed by atoms with Gasteiger partial charge in [0, 0.05) is 6.54 Å². The zero-order valence-electron chi connectivity index (χ0n) is 7.14. The minimum absolute atomic E-state index is 0.508. The molecule has 0 atom stereocenters. The summed E-state index contributed by atoms with van der Waals surface area (Å²) in [6.45, 7) is -0.555. The summed E-state index contributed by atoms with van der Waals surface area (Å²) in [6, 6.07) is 0. The summed E-state index contributed by atoms with van der Waals surface area (Å²) < 4.78 is 66.0. The molecule has 0 bridgehead atoms. The fourth-order valence-corrected chi connectivity index (χ4v) is 1.28. The first-order chi connectivity index (χ1) is 6.70. The maximum absolute atomic E-state index is 12.2. The number of aryl methyl sites for hydroxylation is 1. The highest BCUT2D eigenvalue weighted by atomic mass is 32.2. The van der Waals surface area contributed by atoms with Crippen LogP contribution in [-0.2, 0) is 22.8 Å². The van der Waals surface area contributed by atoms with E-state index < -0.39 is 34.4 Å². The predicted octanol–water partition coefficient (Wildman–Crippen LogP) is 0.185. The van der Waals surface area contributed by atoms with Gasteiger partial charge in [0.15, 0.2) is 0 Å². The molecule has 0 saturated heterocycles. The lowest BCUT2D eigenvalue weighted by molar-refractivity contribution is -0.147. The van der Waals surface area contributed by atoms with Crippen molar-refractivity contribution < 1.29 is 26.1 Å². The second-order valence-corrected chi connectivity index (χ2v) is 4.20. The van der Waals surface area contributed by atoms with Gasteiger partial charge < -0.3 is 4.57 Å². The van der Waals surface area contributed by atoms with Crippen LogP contribution in [0, 0.1) is 0 Å². The van der Waals surface area contributed by atoms with Crippen molar-refractivity contribution in [2.24, 2.45) is 0 Å². The van der Waals surface area contributed by atoms with Crippen LogP contribution in [0.15, 0.2) is 6.33 Å². The van der Waals surface area contributed by atoms with Crippen molar-refractivity contribution in [2.45, 2.75) is 12.7 Å². The highest BCUT2D eigenvalue weighted by Gasteiger charge is 2.37. The van der Waals surface area contributed by atoms with Gasteiger partial charge in [0.1, 0.15) is 6.33 Å². The Morgan fingerprint density at radius 1 is 1.47 bits per heavy atom. The number of hydrogen-bond donors (Lipinski definition) is 1. The van der Waals surface area contributed by atoms with Crippen molar-refractivity contribution in [1.82, 2.24) is 14.8 Å². The number of rotatable bonds is 3. The molecule has 0 aliphatic rings. The standard InChI is InChI=1S/C5H6F3N3O3S/c6-5(7,8)4-10-9-3-11(4)1-2-15(12,13)14/h3H,1-2H2,(H,12,13,14). The van der Waals surface area contributed by atoms with Crippen LogP contribution in [0.3, 0.4) is 0 Å². The van der Waals surface area contributed by atoms with Gasteiger partial charge in [-0.3, -0.25) is 4.55 Å². The lowest BCUT2D eigenvalue weighted by atomic mass is 10.5. The molecule has 10 heteroatoms. The number of aromatic nitrogens is 3. The molecule has 0 aliphatic carbocycles. The van der Waals surface area contributed by atoms with E-state index in [1.54, 1.807) is 0 Å². The van der Waals surface area contributed by atoms with Crippen LogP contribution in [0.1, 0.15) is 5.82 Å². The Morgan fingerprint density at radius 2 is 2.07 bits per heavy atom. The molecule has 0 aliphatic heterocycles. The summed E-state index contributed by atoms with van der Waals surface area (Å²) in [4.78, 5) is 0. The van der Waals surface area contributed by atoms with Gasteiger partial charge in [0.2, 0.25) is 5.82 Å². The molecule has 1 rings (SSSR count). The molecule has 15 heavy (non-hydrogen) atoms. The number of hydrogen-bond acceptors (Lipinski definition) is 4. The zero-order chi connectivity index (χ0) is 11.7. The number of halogens is 3. The molecule has 1 aromatic heterocycles. The Balaban J connectivity index is 2.84. The second kappa shape index (κ2) is 3.77. The third-order valence-electron chi connectivity index (χ3n) is 1.46. The topological polar surface area (TPSA) is 85.1 Å². The van der Waals surface area contributed by atoms with Crippen LogP contribution in [0.4, 0.5) is 13.2 Å². The van der Waals surface area contributed by atoms with Crippen LogP contribution in [-0.4, -0.2) is 33.5 Å². The summed E-state index contributed by atoms with van der Waals surface area (Å²) in [5, 5.41) is 5.81. The number of alkyl halides is 3. The Morgan fingerprint density at radius 3 is 2.53 bits per heavy atom. The van der Waals surface area contributed by atoms with E-state index in [2.05, 4.69) is 10.2 Å². The van der Waals surface area contributed by atoms with E-state index in [9.17, 15) is 21.6 Å². The van der Waals surface area contributed by atoms with E-state index >= 15 is 0 Å². The Labute approximate surface area is 82.5 Å². The molecular weight excluding hydrogens is 239 g/mol. The van der Waals surface area contributed by atoms with Gasteiger partial charge in [0.25, 0.3) is 10.1 Å². The summed E-state index contributed by atoms with van der Waals surface area (Å²) in [5.74, 6) is -2.13. The van der Waals surface area contributed by atoms with Crippen molar-refractivity contribution in [2.75, 3.05) is 5.75 Å². The maximum atomic E-state index is 12.2. The molecular formula is C5H6F3N3O3S. The maximum Gasteiger partial charge on any atom is 0.451 e. The molecule has 0 aromatic carbocycles. The smallest absolute Gasteiger partial charge is 0.309 e. The van der Waals surface area contributed by atoms with E-state index in [1.165, 1.54) is 0 Å². The molecule has 0 amide bonds. The van der Waals surface area contributed by atoms with Gasteiger partial charge in [-0.1, -0.05) is 0 Å². The van der Waals surface area contributed by atoms with Crippen molar-refractivity contribution >= 4 is 10.1 Å². The van der Waals surface area contributed by atoms with Gasteiger partial charge >= 0.3 is 6.18 Å². The third kappa shape index (κ3) is 3.47. The van der Waals surface area contributed by atoms with Crippen LogP contribution in [0.5, 0.6) is 0 Å². The first kappa shape index (κ1) is 11.9. The summed E-state index contributed by atoms with van der Waals surface area (Å²) in [5.41, 5.74) is 0. The van der Waals surface area contributed by atoms with E-state index in [0.29, 0.717) is 4.57 Å². The van der Waals surface area contributed by atoms with E-state index in [4.69, 9.17) is 4.55 Å². The quantitative estimate of drug-likeness (QED) is 0.768. The molecule has 0 radical (unpaired) electrons. The van der Waals surface area contributed by atoms with E-state index in [0.717, 1.165) is 6.33 Å². The SMILES string of the molecule is O=S(=O)(O)CCn1cnnc1C(F)(F)F. The van der Waals surface area contributed by atoms with Crippen LogP contribution in [0.2, 0.25) is 0 Å². The van der Waals surface area contributed by atoms with E-state index in [-0.39, 0.29) is 0 Å². The second-order valence-electron chi connectivity index (χ2n) is 2.63. The lowest BCUT2D eigenvalue weighted by Gasteiger charge is -2.07. The minimum Gasteiger partial charge on any atom is -0.309 e. The van der Waals surface area contributed by atoms with Crippen LogP contribution >= 0.6 is 0 Å². The Bertz CT molecular complexity index is 438. The molecule has 0 fully saturated rings. The monoisotopic (exact) mass is 245 g/mol. The van der Waals surface area contributed by atoms with Gasteiger partial charge in [0.05, 0.1) is 5.75 Å². The first-order valence-electron chi connectivity index (χ1n) is 3.60. The number of nitrogens with zero attached hydrogens (tertiary/aromatic N) is 3. The van der Waals surface area contributed by atoms with Crippen LogP contribution < -0.4 is 0 Å². The van der Waals surface area contributed by atoms with E-state index in [1.807, 2.05) is 0 Å². The normalized spacial score (nSPS) is 13.1. The van der Waals surface area contributed by atoms with Crippen molar-refractivity contribution in [1.29, 1.82) is 0 Å². The highest BCUT2D eigenvalue weighted by Crippen LogP contribution is 2.26. The van der Waals surface area contributed by atoms with Gasteiger partial charge in [-0.2, -0.15) is 21.6 Å². The average molecular weight is 245 g/mol. The Hall–Kier alpha value is -1.16. The molecule has 86 valence electrons. The predicted molar refractivity (Wildman–Crippen MR) is 41.4 cm³/mol. The van der Waals surface area contributed by atoms with Crippen molar-refractivity contribution in [3.63, 3.8) is 0 Å². The fourth-order valence-electron chi connectivity index (χ4n) is 0.852. The largest absolute Gasteiger partial charge is 0.451 e. The third-order valence-corrected chi connectivity index (χ3v) is 2.16. The van der Waals surface area contributed by atoms with Crippen LogP contribution in [0.25, 0.3) is 0 Å². The molecule has 0 saturated carbocycles. The summed E-state index contributed by atoms with van der Waals surface area (Å²) >= 11 is 0. The average Bonchev–Trinajstić information content (AvgIpc) is 2.45. The first-order valence-corrected chi connectivity index (χ1v) is 5.21. The molecule has 1 aromatic rings. The minimum atomic E-state index is -4.70. The molecule has 1 N–H and O–H groups in total. The highest BCUT2D eigenvalue weighted by molar-refractivity contribution is 7.85. The lowest BCUT2D eigenvalue weighted by Crippen LogP contribution is -2.18. The summed E-state index contributed by atoms with van der Waals surface area (Å²) in [6.07, 6.45) is -3.95. The van der Waals surface area contributed by atoms with Crippen molar-refractivity contribution in [3.8, 4) is 0 Å². The molecule has 6 nitrogen and oxygen atoms in total. The van der Waals surface area contributed by atoms with Gasteiger partial charge in [-0.15, -0.1) is 10.2 Å². The molecule has 1 heterocycles. The summed E-state index contributed by atoms with van der Waals surface area (Å²) in [7, 11) is -4.31. The van der Waals surface area contributed by atoms with Gasteiger partial charge in [-0.05, 0) is 0 Å². The fraction of sp³-hybridized carbons (Fsp3) is 0.600. The molecule has 0 spiro atoms. The van der Waals surface area contributed by atoms with Crippen molar-refractivity contribution in [3.05, 3.63) is 12.2 Å². The molecule has 0 unspecified atom stereocenters.